The fourth-order valence-corrected chi connectivity index (χ4v) is 3.55. The average Bonchev–Trinajstić information content (AvgIpc) is 2.98. The Hall–Kier alpha value is -1.35. The van der Waals surface area contributed by atoms with Crippen molar-refractivity contribution in [2.45, 2.75) is 38.5 Å². The topological polar surface area (TPSA) is 38.3 Å². The molecule has 3 rings (SSSR count). The molecule has 3 heteroatoms. The quantitative estimate of drug-likeness (QED) is 0.903. The molecule has 0 bridgehead atoms. The van der Waals surface area contributed by atoms with Gasteiger partial charge >= 0.3 is 0 Å². The third-order valence-corrected chi connectivity index (χ3v) is 4.90. The number of amides is 1. The Labute approximate surface area is 127 Å². The molecule has 2 fully saturated rings. The molecule has 114 valence electrons. The van der Waals surface area contributed by atoms with Gasteiger partial charge in [0.25, 0.3) is 0 Å². The van der Waals surface area contributed by atoms with Crippen molar-refractivity contribution in [3.8, 4) is 0 Å². The molecular formula is C18H25NO2. The average molecular weight is 287 g/mol. The lowest BCUT2D eigenvalue weighted by atomic mass is 9.83. The summed E-state index contributed by atoms with van der Waals surface area (Å²) in [5, 5.41) is 3.18. The van der Waals surface area contributed by atoms with Crippen molar-refractivity contribution < 1.29 is 9.53 Å². The molecule has 1 aromatic rings. The van der Waals surface area contributed by atoms with E-state index in [9.17, 15) is 4.79 Å². The fourth-order valence-electron chi connectivity index (χ4n) is 3.55. The van der Waals surface area contributed by atoms with E-state index in [2.05, 4.69) is 24.4 Å². The van der Waals surface area contributed by atoms with Gasteiger partial charge in [0.15, 0.2) is 0 Å². The highest BCUT2D eigenvalue weighted by atomic mass is 16.5. The highest BCUT2D eigenvalue weighted by Gasteiger charge is 2.36. The van der Waals surface area contributed by atoms with Crippen LogP contribution >= 0.6 is 0 Å². The van der Waals surface area contributed by atoms with Crippen molar-refractivity contribution >= 4 is 5.91 Å². The zero-order valence-electron chi connectivity index (χ0n) is 12.8. The summed E-state index contributed by atoms with van der Waals surface area (Å²) in [6.07, 6.45) is 4.86. The lowest BCUT2D eigenvalue weighted by Crippen LogP contribution is -2.49. The maximum atomic E-state index is 12.8. The first-order chi connectivity index (χ1) is 10.2. The fraction of sp³-hybridized carbons (Fsp3) is 0.611. The summed E-state index contributed by atoms with van der Waals surface area (Å²) >= 11 is 0. The van der Waals surface area contributed by atoms with Gasteiger partial charge in [0.2, 0.25) is 5.91 Å². The number of carbonyl (C=O) groups excluding carboxylic acids is 1. The molecule has 1 aromatic carbocycles. The molecule has 1 aliphatic carbocycles. The summed E-state index contributed by atoms with van der Waals surface area (Å²) in [7, 11) is 0. The number of nitrogens with one attached hydrogen (secondary N) is 1. The summed E-state index contributed by atoms with van der Waals surface area (Å²) in [6, 6.07) is 10.3. The number of hydrogen-bond acceptors (Lipinski definition) is 2. The van der Waals surface area contributed by atoms with E-state index in [1.54, 1.807) is 0 Å². The van der Waals surface area contributed by atoms with Gasteiger partial charge in [0, 0.05) is 12.0 Å². The van der Waals surface area contributed by atoms with E-state index in [1.807, 2.05) is 18.2 Å². The van der Waals surface area contributed by atoms with Crippen molar-refractivity contribution in [3.63, 3.8) is 0 Å². The van der Waals surface area contributed by atoms with E-state index in [1.165, 1.54) is 25.7 Å². The maximum absolute atomic E-state index is 12.8. The van der Waals surface area contributed by atoms with Crippen molar-refractivity contribution in [1.82, 2.24) is 5.32 Å². The minimum Gasteiger partial charge on any atom is -0.380 e. The normalized spacial score (nSPS) is 22.5. The number of ether oxygens (including phenoxy) is 1. The van der Waals surface area contributed by atoms with E-state index in [-0.39, 0.29) is 17.2 Å². The zero-order chi connectivity index (χ0) is 14.7. The van der Waals surface area contributed by atoms with Crippen molar-refractivity contribution in [2.75, 3.05) is 19.8 Å². The highest BCUT2D eigenvalue weighted by Crippen LogP contribution is 2.37. The van der Waals surface area contributed by atoms with Crippen molar-refractivity contribution in [3.05, 3.63) is 35.9 Å². The van der Waals surface area contributed by atoms with Crippen LogP contribution in [0.4, 0.5) is 0 Å². The van der Waals surface area contributed by atoms with Gasteiger partial charge in [-0.3, -0.25) is 4.79 Å². The Kier molecular flexibility index (Phi) is 4.29. The predicted molar refractivity (Wildman–Crippen MR) is 83.1 cm³/mol. The molecule has 21 heavy (non-hydrogen) atoms. The van der Waals surface area contributed by atoms with Gasteiger partial charge in [-0.25, -0.2) is 0 Å². The molecule has 1 heterocycles. The van der Waals surface area contributed by atoms with Crippen molar-refractivity contribution in [1.29, 1.82) is 0 Å². The Balaban J connectivity index is 1.70. The van der Waals surface area contributed by atoms with Gasteiger partial charge in [-0.1, -0.05) is 50.1 Å². The molecule has 1 saturated carbocycles. The van der Waals surface area contributed by atoms with E-state index < -0.39 is 0 Å². The lowest BCUT2D eigenvalue weighted by molar-refractivity contribution is -0.129. The van der Waals surface area contributed by atoms with Crippen LogP contribution in [0.1, 0.15) is 44.1 Å². The van der Waals surface area contributed by atoms with Gasteiger partial charge in [0.05, 0.1) is 19.1 Å². The Morgan fingerprint density at radius 3 is 2.52 bits per heavy atom. The molecule has 3 nitrogen and oxygen atoms in total. The third-order valence-electron chi connectivity index (χ3n) is 4.90. The molecule has 0 spiro atoms. The van der Waals surface area contributed by atoms with Crippen LogP contribution in [0.5, 0.6) is 0 Å². The standard InChI is InChI=1S/C18H25NO2/c1-18(12-21-13-18)11-19-17(20)16(15-9-5-6-10-15)14-7-3-2-4-8-14/h2-4,7-8,15-16H,5-6,9-13H2,1H3,(H,19,20)/t16-/m1/s1. The molecule has 1 N–H and O–H groups in total. The first-order valence-corrected chi connectivity index (χ1v) is 8.08. The van der Waals surface area contributed by atoms with Gasteiger partial charge in [-0.15, -0.1) is 0 Å². The van der Waals surface area contributed by atoms with Gasteiger partial charge in [-0.2, -0.15) is 0 Å². The van der Waals surface area contributed by atoms with E-state index in [4.69, 9.17) is 4.74 Å². The Morgan fingerprint density at radius 1 is 1.29 bits per heavy atom. The highest BCUT2D eigenvalue weighted by molar-refractivity contribution is 5.84. The predicted octanol–water partition coefficient (Wildman–Crippen LogP) is 3.11. The number of rotatable bonds is 5. The second kappa shape index (κ2) is 6.18. The summed E-state index contributed by atoms with van der Waals surface area (Å²) in [4.78, 5) is 12.8. The zero-order valence-corrected chi connectivity index (χ0v) is 12.8. The van der Waals surface area contributed by atoms with E-state index in [0.717, 1.165) is 25.3 Å². The lowest BCUT2D eigenvalue weighted by Gasteiger charge is -2.38. The Morgan fingerprint density at radius 2 is 1.95 bits per heavy atom. The monoisotopic (exact) mass is 287 g/mol. The van der Waals surface area contributed by atoms with Crippen LogP contribution in [0, 0.1) is 11.3 Å². The summed E-state index contributed by atoms with van der Waals surface area (Å²) in [5.41, 5.74) is 1.30. The van der Waals surface area contributed by atoms with Crippen molar-refractivity contribution in [2.24, 2.45) is 11.3 Å². The van der Waals surface area contributed by atoms with E-state index >= 15 is 0 Å². The van der Waals surface area contributed by atoms with Crippen LogP contribution in [0.25, 0.3) is 0 Å². The summed E-state index contributed by atoms with van der Waals surface area (Å²) < 4.78 is 5.26. The minimum absolute atomic E-state index is 0.0123. The SMILES string of the molecule is CC1(CNC(=O)[C@H](c2ccccc2)C2CCCC2)COC1. The van der Waals surface area contributed by atoms with Crippen LogP contribution < -0.4 is 5.32 Å². The molecule has 0 radical (unpaired) electrons. The molecule has 0 unspecified atom stereocenters. The molecular weight excluding hydrogens is 262 g/mol. The van der Waals surface area contributed by atoms with Gasteiger partial charge in [-0.05, 0) is 24.3 Å². The number of benzene rings is 1. The maximum Gasteiger partial charge on any atom is 0.227 e. The minimum atomic E-state index is 0.0123. The molecule has 1 amide bonds. The third kappa shape index (κ3) is 3.29. The second-order valence-electron chi connectivity index (χ2n) is 6.95. The van der Waals surface area contributed by atoms with Gasteiger partial charge < -0.3 is 10.1 Å². The second-order valence-corrected chi connectivity index (χ2v) is 6.95. The molecule has 1 saturated heterocycles. The number of carbonyl (C=O) groups is 1. The molecule has 2 aliphatic rings. The van der Waals surface area contributed by atoms with Crippen LogP contribution in [0.15, 0.2) is 30.3 Å². The van der Waals surface area contributed by atoms with Crippen LogP contribution in [-0.4, -0.2) is 25.7 Å². The molecule has 1 atom stereocenters. The Bertz CT molecular complexity index is 475. The van der Waals surface area contributed by atoms with Crippen LogP contribution in [-0.2, 0) is 9.53 Å². The summed E-state index contributed by atoms with van der Waals surface area (Å²) in [6.45, 7) is 4.41. The van der Waals surface area contributed by atoms with Crippen LogP contribution in [0.2, 0.25) is 0 Å². The first kappa shape index (κ1) is 14.6. The van der Waals surface area contributed by atoms with Crippen LogP contribution in [0.3, 0.4) is 0 Å². The van der Waals surface area contributed by atoms with Gasteiger partial charge in [0.1, 0.15) is 0 Å². The number of hydrogen-bond donors (Lipinski definition) is 1. The smallest absolute Gasteiger partial charge is 0.227 e. The molecule has 1 aliphatic heterocycles. The largest absolute Gasteiger partial charge is 0.380 e. The van der Waals surface area contributed by atoms with E-state index in [0.29, 0.717) is 5.92 Å². The first-order valence-electron chi connectivity index (χ1n) is 8.08. The molecule has 0 aromatic heterocycles. The summed E-state index contributed by atoms with van der Waals surface area (Å²) in [5.74, 6) is 0.706.